The molecule has 0 saturated heterocycles. The van der Waals surface area contributed by atoms with E-state index in [-0.39, 0.29) is 12.4 Å². The summed E-state index contributed by atoms with van der Waals surface area (Å²) < 4.78 is 38.0. The van der Waals surface area contributed by atoms with Gasteiger partial charge in [-0.15, -0.1) is 0 Å². The van der Waals surface area contributed by atoms with Gasteiger partial charge < -0.3 is 5.32 Å². The maximum absolute atomic E-state index is 12.7. The Labute approximate surface area is 101 Å². The summed E-state index contributed by atoms with van der Waals surface area (Å²) in [5.74, 6) is 0.175. The molecular weight excluding hydrogens is 245 g/mol. The van der Waals surface area contributed by atoms with E-state index in [2.05, 4.69) is 20.3 Å². The number of alkyl halides is 3. The van der Waals surface area contributed by atoms with Crippen LogP contribution in [-0.2, 0) is 12.7 Å². The highest BCUT2D eigenvalue weighted by atomic mass is 19.4. The highest BCUT2D eigenvalue weighted by Gasteiger charge is 2.33. The summed E-state index contributed by atoms with van der Waals surface area (Å²) in [5.41, 5.74) is -0.805. The second-order valence-electron chi connectivity index (χ2n) is 3.42. The van der Waals surface area contributed by atoms with E-state index < -0.39 is 11.7 Å². The van der Waals surface area contributed by atoms with E-state index in [1.807, 2.05) is 0 Å². The molecule has 0 unspecified atom stereocenters. The summed E-state index contributed by atoms with van der Waals surface area (Å²) in [5, 5.41) is 2.58. The number of anilines is 1. The Balaban J connectivity index is 2.15. The maximum atomic E-state index is 12.7. The maximum Gasteiger partial charge on any atom is 0.419 e. The lowest BCUT2D eigenvalue weighted by molar-refractivity contribution is -0.137. The molecule has 0 aliphatic carbocycles. The number of nitrogens with one attached hydrogen (secondary N) is 1. The van der Waals surface area contributed by atoms with E-state index in [4.69, 9.17) is 0 Å². The van der Waals surface area contributed by atoms with Gasteiger partial charge in [-0.05, 0) is 18.2 Å². The Morgan fingerprint density at radius 3 is 2.33 bits per heavy atom. The van der Waals surface area contributed by atoms with Gasteiger partial charge in [0.05, 0.1) is 12.1 Å². The van der Waals surface area contributed by atoms with Crippen LogP contribution in [0.4, 0.5) is 19.0 Å². The number of hydrogen-bond acceptors (Lipinski definition) is 4. The molecule has 0 amide bonds. The summed E-state index contributed by atoms with van der Waals surface area (Å²) in [6.45, 7) is 0.0843. The predicted molar refractivity (Wildman–Crippen MR) is 58.6 cm³/mol. The molecule has 2 rings (SSSR count). The minimum absolute atomic E-state index is 0.0843. The molecule has 0 saturated carbocycles. The average Bonchev–Trinajstić information content (AvgIpc) is 2.37. The molecule has 0 radical (unpaired) electrons. The summed E-state index contributed by atoms with van der Waals surface area (Å²) in [7, 11) is 0. The first kappa shape index (κ1) is 12.3. The third kappa shape index (κ3) is 2.93. The SMILES string of the molecule is FC(F)(F)c1cccnc1NCc1ncccn1. The fourth-order valence-corrected chi connectivity index (χ4v) is 1.36. The van der Waals surface area contributed by atoms with E-state index in [0.717, 1.165) is 6.07 Å². The fraction of sp³-hybridized carbons (Fsp3) is 0.182. The van der Waals surface area contributed by atoms with E-state index in [9.17, 15) is 13.2 Å². The summed E-state index contributed by atoms with van der Waals surface area (Å²) >= 11 is 0. The highest BCUT2D eigenvalue weighted by Crippen LogP contribution is 2.33. The van der Waals surface area contributed by atoms with Gasteiger partial charge in [0.2, 0.25) is 0 Å². The topological polar surface area (TPSA) is 50.7 Å². The van der Waals surface area contributed by atoms with Crippen LogP contribution in [0.3, 0.4) is 0 Å². The molecule has 0 spiro atoms. The number of hydrogen-bond donors (Lipinski definition) is 1. The van der Waals surface area contributed by atoms with Crippen LogP contribution in [0, 0.1) is 0 Å². The lowest BCUT2D eigenvalue weighted by Gasteiger charge is -2.12. The molecule has 0 aromatic carbocycles. The van der Waals surface area contributed by atoms with Crippen LogP contribution in [0.25, 0.3) is 0 Å². The van der Waals surface area contributed by atoms with Crippen molar-refractivity contribution in [1.82, 2.24) is 15.0 Å². The number of nitrogens with zero attached hydrogens (tertiary/aromatic N) is 3. The zero-order valence-electron chi connectivity index (χ0n) is 9.15. The molecule has 0 bridgehead atoms. The molecule has 1 N–H and O–H groups in total. The number of pyridine rings is 1. The van der Waals surface area contributed by atoms with Crippen LogP contribution < -0.4 is 5.32 Å². The normalized spacial score (nSPS) is 11.3. The minimum atomic E-state index is -4.44. The van der Waals surface area contributed by atoms with E-state index in [0.29, 0.717) is 5.82 Å². The molecule has 0 aliphatic rings. The summed E-state index contributed by atoms with van der Waals surface area (Å²) in [6, 6.07) is 3.85. The van der Waals surface area contributed by atoms with Crippen LogP contribution in [-0.4, -0.2) is 15.0 Å². The van der Waals surface area contributed by atoms with E-state index >= 15 is 0 Å². The Hall–Kier alpha value is -2.18. The van der Waals surface area contributed by atoms with Gasteiger partial charge in [0.25, 0.3) is 0 Å². The summed E-state index contributed by atoms with van der Waals surface area (Å²) in [4.78, 5) is 11.5. The van der Waals surface area contributed by atoms with Crippen molar-refractivity contribution in [1.29, 1.82) is 0 Å². The molecule has 0 fully saturated rings. The molecule has 0 atom stereocenters. The quantitative estimate of drug-likeness (QED) is 0.914. The van der Waals surface area contributed by atoms with Crippen molar-refractivity contribution >= 4 is 5.82 Å². The molecular formula is C11H9F3N4. The van der Waals surface area contributed by atoms with Crippen LogP contribution in [0.5, 0.6) is 0 Å². The van der Waals surface area contributed by atoms with Gasteiger partial charge in [0, 0.05) is 18.6 Å². The van der Waals surface area contributed by atoms with Crippen LogP contribution >= 0.6 is 0 Å². The molecule has 2 aromatic rings. The number of rotatable bonds is 3. The second kappa shape index (κ2) is 4.99. The molecule has 18 heavy (non-hydrogen) atoms. The van der Waals surface area contributed by atoms with Gasteiger partial charge in [0.1, 0.15) is 11.6 Å². The van der Waals surface area contributed by atoms with Crippen LogP contribution in [0.2, 0.25) is 0 Å². The van der Waals surface area contributed by atoms with Crippen molar-refractivity contribution in [3.05, 3.63) is 48.2 Å². The van der Waals surface area contributed by atoms with Gasteiger partial charge in [-0.2, -0.15) is 13.2 Å². The Bertz CT molecular complexity index is 513. The number of halogens is 3. The molecule has 7 heteroatoms. The highest BCUT2D eigenvalue weighted by molar-refractivity contribution is 5.45. The van der Waals surface area contributed by atoms with Crippen molar-refractivity contribution in [3.63, 3.8) is 0 Å². The third-order valence-electron chi connectivity index (χ3n) is 2.15. The molecule has 4 nitrogen and oxygen atoms in total. The first-order valence-electron chi connectivity index (χ1n) is 5.09. The average molecular weight is 254 g/mol. The van der Waals surface area contributed by atoms with E-state index in [1.165, 1.54) is 24.7 Å². The van der Waals surface area contributed by atoms with Crippen molar-refractivity contribution in [2.45, 2.75) is 12.7 Å². The monoisotopic (exact) mass is 254 g/mol. The van der Waals surface area contributed by atoms with Gasteiger partial charge in [-0.3, -0.25) is 0 Å². The van der Waals surface area contributed by atoms with Crippen LogP contribution in [0.15, 0.2) is 36.8 Å². The molecule has 0 aliphatic heterocycles. The van der Waals surface area contributed by atoms with Gasteiger partial charge in [0.15, 0.2) is 0 Å². The van der Waals surface area contributed by atoms with Gasteiger partial charge in [-0.25, -0.2) is 15.0 Å². The van der Waals surface area contributed by atoms with E-state index in [1.54, 1.807) is 6.07 Å². The minimum Gasteiger partial charge on any atom is -0.362 e. The van der Waals surface area contributed by atoms with Crippen LogP contribution in [0.1, 0.15) is 11.4 Å². The first-order valence-corrected chi connectivity index (χ1v) is 5.09. The van der Waals surface area contributed by atoms with Gasteiger partial charge in [-0.1, -0.05) is 0 Å². The lowest BCUT2D eigenvalue weighted by atomic mass is 10.2. The van der Waals surface area contributed by atoms with Crippen molar-refractivity contribution in [2.24, 2.45) is 0 Å². The zero-order valence-corrected chi connectivity index (χ0v) is 9.15. The lowest BCUT2D eigenvalue weighted by Crippen LogP contribution is -2.13. The summed E-state index contributed by atoms with van der Waals surface area (Å²) in [6.07, 6.45) is -0.0994. The fourth-order valence-electron chi connectivity index (χ4n) is 1.36. The Morgan fingerprint density at radius 2 is 1.67 bits per heavy atom. The smallest absolute Gasteiger partial charge is 0.362 e. The van der Waals surface area contributed by atoms with Crippen molar-refractivity contribution in [3.8, 4) is 0 Å². The van der Waals surface area contributed by atoms with Crippen molar-refractivity contribution in [2.75, 3.05) is 5.32 Å². The third-order valence-corrected chi connectivity index (χ3v) is 2.15. The molecule has 2 heterocycles. The largest absolute Gasteiger partial charge is 0.419 e. The van der Waals surface area contributed by atoms with Gasteiger partial charge >= 0.3 is 6.18 Å². The molecule has 2 aromatic heterocycles. The molecule has 94 valence electrons. The zero-order chi connectivity index (χ0) is 13.0. The number of aromatic nitrogens is 3. The van der Waals surface area contributed by atoms with Crippen molar-refractivity contribution < 1.29 is 13.2 Å². The Kier molecular flexibility index (Phi) is 3.40. The Morgan fingerprint density at radius 1 is 1.00 bits per heavy atom. The first-order chi connectivity index (χ1) is 8.57. The standard InChI is InChI=1S/C11H9F3N4/c12-11(13,14)8-3-1-4-17-10(8)18-7-9-15-5-2-6-16-9/h1-6H,7H2,(H,17,18). The predicted octanol–water partition coefficient (Wildman–Crippen LogP) is 2.50. The second-order valence-corrected chi connectivity index (χ2v) is 3.42.